The minimum atomic E-state index is 0.163. The maximum absolute atomic E-state index is 12.8. The van der Waals surface area contributed by atoms with Crippen LogP contribution in [0.3, 0.4) is 0 Å². The number of morpholine rings is 1. The van der Waals surface area contributed by atoms with Crippen LogP contribution in [0.5, 0.6) is 5.75 Å². The Hall–Kier alpha value is -2.38. The van der Waals surface area contributed by atoms with E-state index >= 15 is 0 Å². The molecule has 4 rings (SSSR count). The fourth-order valence-electron chi connectivity index (χ4n) is 4.44. The summed E-state index contributed by atoms with van der Waals surface area (Å²) in [5.74, 6) is 1.06. The molecule has 0 unspecified atom stereocenters. The molecule has 2 aliphatic rings. The smallest absolute Gasteiger partial charge is 0.223 e. The summed E-state index contributed by atoms with van der Waals surface area (Å²) in [7, 11) is 1.89. The number of carbonyl (C=O) groups is 1. The molecule has 7 nitrogen and oxygen atoms in total. The number of ether oxygens (including phenoxy) is 2. The molecule has 0 spiro atoms. The number of fused-ring (bicyclic) bond motifs is 1. The molecule has 1 aromatic carbocycles. The molecule has 7 heteroatoms. The molecule has 1 amide bonds. The van der Waals surface area contributed by atoms with E-state index in [0.717, 1.165) is 36.5 Å². The Balaban J connectivity index is 1.40. The highest BCUT2D eigenvalue weighted by atomic mass is 16.5. The second kappa shape index (κ2) is 9.18. The first kappa shape index (κ1) is 20.9. The van der Waals surface area contributed by atoms with E-state index < -0.39 is 0 Å². The van der Waals surface area contributed by atoms with Crippen molar-refractivity contribution in [3.05, 3.63) is 47.3 Å². The summed E-state index contributed by atoms with van der Waals surface area (Å²) in [6.07, 6.45) is 5.51. The van der Waals surface area contributed by atoms with E-state index in [2.05, 4.69) is 42.0 Å². The molecule has 0 aliphatic carbocycles. The molecule has 2 atom stereocenters. The van der Waals surface area contributed by atoms with Gasteiger partial charge in [-0.1, -0.05) is 6.07 Å². The maximum atomic E-state index is 12.8. The molecule has 1 aromatic heterocycles. The lowest BCUT2D eigenvalue weighted by Crippen LogP contribution is -2.44. The van der Waals surface area contributed by atoms with E-state index in [0.29, 0.717) is 32.5 Å². The van der Waals surface area contributed by atoms with Gasteiger partial charge >= 0.3 is 0 Å². The molecule has 0 bridgehead atoms. The molecule has 2 aliphatic heterocycles. The second-order valence-corrected chi connectivity index (χ2v) is 8.58. The van der Waals surface area contributed by atoms with Crippen LogP contribution in [-0.2, 0) is 36.1 Å². The highest BCUT2D eigenvalue weighted by Crippen LogP contribution is 2.26. The van der Waals surface area contributed by atoms with Gasteiger partial charge in [-0.05, 0) is 43.5 Å². The van der Waals surface area contributed by atoms with E-state index in [4.69, 9.17) is 9.47 Å². The van der Waals surface area contributed by atoms with Gasteiger partial charge in [0.05, 0.1) is 24.9 Å². The topological polar surface area (TPSA) is 59.8 Å². The lowest BCUT2D eigenvalue weighted by molar-refractivity contribution is -0.131. The minimum absolute atomic E-state index is 0.163. The Morgan fingerprint density at radius 2 is 2.00 bits per heavy atom. The number of nitrogens with zero attached hydrogens (tertiary/aromatic N) is 4. The summed E-state index contributed by atoms with van der Waals surface area (Å²) in [4.78, 5) is 17.2. The van der Waals surface area contributed by atoms with Crippen LogP contribution < -0.4 is 4.74 Å². The van der Waals surface area contributed by atoms with Crippen molar-refractivity contribution in [3.63, 3.8) is 0 Å². The van der Waals surface area contributed by atoms with E-state index in [1.807, 2.05) is 24.3 Å². The maximum Gasteiger partial charge on any atom is 0.223 e. The number of rotatable bonds is 5. The van der Waals surface area contributed by atoms with Gasteiger partial charge in [0.25, 0.3) is 0 Å². The number of benzene rings is 1. The van der Waals surface area contributed by atoms with Gasteiger partial charge in [-0.15, -0.1) is 0 Å². The lowest BCUT2D eigenvalue weighted by Gasteiger charge is -2.35. The first-order valence-electron chi connectivity index (χ1n) is 10.8. The third-order valence-corrected chi connectivity index (χ3v) is 5.74. The van der Waals surface area contributed by atoms with Gasteiger partial charge in [0.15, 0.2) is 0 Å². The molecule has 2 aromatic rings. The zero-order valence-corrected chi connectivity index (χ0v) is 18.2. The van der Waals surface area contributed by atoms with Crippen molar-refractivity contribution in [2.24, 2.45) is 7.05 Å². The van der Waals surface area contributed by atoms with Crippen LogP contribution in [0, 0.1) is 0 Å². The lowest BCUT2D eigenvalue weighted by atomic mass is 10.1. The second-order valence-electron chi connectivity index (χ2n) is 8.58. The highest BCUT2D eigenvalue weighted by Gasteiger charge is 2.24. The first-order chi connectivity index (χ1) is 14.5. The van der Waals surface area contributed by atoms with Crippen LogP contribution >= 0.6 is 0 Å². The van der Waals surface area contributed by atoms with Crippen molar-refractivity contribution in [1.82, 2.24) is 19.6 Å². The Kier molecular flexibility index (Phi) is 6.39. The summed E-state index contributed by atoms with van der Waals surface area (Å²) in [5, 5.41) is 4.18. The molecule has 0 saturated carbocycles. The molecule has 1 fully saturated rings. The quantitative estimate of drug-likeness (QED) is 0.755. The fourth-order valence-corrected chi connectivity index (χ4v) is 4.44. The number of amides is 1. The van der Waals surface area contributed by atoms with Gasteiger partial charge in [0, 0.05) is 51.4 Å². The Morgan fingerprint density at radius 3 is 2.73 bits per heavy atom. The molecule has 1 saturated heterocycles. The number of hydrogen-bond donors (Lipinski definition) is 0. The molecule has 162 valence electrons. The number of aromatic nitrogens is 2. The van der Waals surface area contributed by atoms with Gasteiger partial charge in [-0.2, -0.15) is 5.10 Å². The van der Waals surface area contributed by atoms with Crippen LogP contribution in [0.1, 0.15) is 37.0 Å². The summed E-state index contributed by atoms with van der Waals surface area (Å²) in [6, 6.07) is 6.40. The summed E-state index contributed by atoms with van der Waals surface area (Å²) < 4.78 is 13.6. The van der Waals surface area contributed by atoms with Crippen molar-refractivity contribution in [2.45, 2.75) is 52.0 Å². The van der Waals surface area contributed by atoms with Crippen LogP contribution in [0.2, 0.25) is 0 Å². The van der Waals surface area contributed by atoms with Crippen molar-refractivity contribution >= 4 is 5.91 Å². The normalized spacial score (nSPS) is 22.3. The van der Waals surface area contributed by atoms with Crippen LogP contribution in [0.4, 0.5) is 0 Å². The predicted molar refractivity (Wildman–Crippen MR) is 114 cm³/mol. The molecular formula is C23H32N4O3. The van der Waals surface area contributed by atoms with Gasteiger partial charge in [0.1, 0.15) is 12.4 Å². The van der Waals surface area contributed by atoms with Gasteiger partial charge in [0.2, 0.25) is 5.91 Å². The van der Waals surface area contributed by atoms with Crippen molar-refractivity contribution in [3.8, 4) is 5.75 Å². The van der Waals surface area contributed by atoms with E-state index in [-0.39, 0.29) is 18.1 Å². The van der Waals surface area contributed by atoms with E-state index in [9.17, 15) is 4.79 Å². The minimum Gasteiger partial charge on any atom is -0.491 e. The van der Waals surface area contributed by atoms with Crippen molar-refractivity contribution in [1.29, 1.82) is 0 Å². The number of aryl methyl sites for hydroxylation is 2. The summed E-state index contributed by atoms with van der Waals surface area (Å²) in [6.45, 7) is 8.78. The van der Waals surface area contributed by atoms with Crippen molar-refractivity contribution < 1.29 is 14.3 Å². The van der Waals surface area contributed by atoms with Crippen LogP contribution in [-0.4, -0.2) is 63.9 Å². The fraction of sp³-hybridized carbons (Fsp3) is 0.565. The molecule has 30 heavy (non-hydrogen) atoms. The number of carbonyl (C=O) groups excluding carboxylic acids is 1. The summed E-state index contributed by atoms with van der Waals surface area (Å²) >= 11 is 0. The summed E-state index contributed by atoms with van der Waals surface area (Å²) in [5.41, 5.74) is 3.44. The average Bonchev–Trinajstić information content (AvgIpc) is 2.99. The third kappa shape index (κ3) is 5.21. The zero-order valence-electron chi connectivity index (χ0n) is 18.2. The Bertz CT molecular complexity index is 871. The monoisotopic (exact) mass is 412 g/mol. The van der Waals surface area contributed by atoms with Crippen LogP contribution in [0.15, 0.2) is 30.6 Å². The highest BCUT2D eigenvalue weighted by molar-refractivity contribution is 5.76. The Morgan fingerprint density at radius 1 is 1.20 bits per heavy atom. The van der Waals surface area contributed by atoms with Gasteiger partial charge < -0.3 is 14.4 Å². The molecular weight excluding hydrogens is 380 g/mol. The van der Waals surface area contributed by atoms with E-state index in [1.54, 1.807) is 4.68 Å². The first-order valence-corrected chi connectivity index (χ1v) is 10.8. The third-order valence-electron chi connectivity index (χ3n) is 5.74. The zero-order chi connectivity index (χ0) is 21.1. The SMILES string of the molecule is C[C@@H]1CN(Cc2ccc3c(c2)CN(C(=O)CCc2cnn(C)c2)CCO3)C[C@H](C)O1. The van der Waals surface area contributed by atoms with Crippen LogP contribution in [0.25, 0.3) is 0 Å². The van der Waals surface area contributed by atoms with E-state index in [1.165, 1.54) is 5.56 Å². The van der Waals surface area contributed by atoms with Crippen molar-refractivity contribution in [2.75, 3.05) is 26.2 Å². The van der Waals surface area contributed by atoms with Gasteiger partial charge in [-0.25, -0.2) is 0 Å². The number of hydrogen-bond acceptors (Lipinski definition) is 5. The average molecular weight is 413 g/mol. The molecule has 3 heterocycles. The standard InChI is InChI=1S/C23H32N4O3/c1-17-12-26(13-18(2)30-17)15-19-4-6-22-21(10-19)16-27(8-9-29-22)23(28)7-5-20-11-24-25(3)14-20/h4,6,10-11,14,17-18H,5,7-9,12-13,15-16H2,1-3H3/t17-,18+. The van der Waals surface area contributed by atoms with Gasteiger partial charge in [-0.3, -0.25) is 14.4 Å². The predicted octanol–water partition coefficient (Wildman–Crippen LogP) is 2.38. The molecule has 0 N–H and O–H groups in total. The molecule has 0 radical (unpaired) electrons. The largest absolute Gasteiger partial charge is 0.491 e. The Labute approximate surface area is 178 Å².